The molecule has 92 valence electrons. The van der Waals surface area contributed by atoms with Gasteiger partial charge in [-0.3, -0.25) is 9.59 Å². The van der Waals surface area contributed by atoms with Gasteiger partial charge in [-0.05, 0) is 34.1 Å². The number of hydrogen-bond donors (Lipinski definition) is 2. The Hall–Kier alpha value is -1.95. The summed E-state index contributed by atoms with van der Waals surface area (Å²) in [4.78, 5) is 25.3. The number of pyridine rings is 1. The van der Waals surface area contributed by atoms with Crippen molar-refractivity contribution in [2.75, 3.05) is 5.32 Å². The summed E-state index contributed by atoms with van der Waals surface area (Å²) in [6.07, 6.45) is 1.35. The van der Waals surface area contributed by atoms with Crippen LogP contribution in [0, 0.1) is 5.82 Å². The maximum absolute atomic E-state index is 13.5. The molecular formula is C12H8BrFN2O2. The van der Waals surface area contributed by atoms with Crippen LogP contribution in [0.4, 0.5) is 10.1 Å². The molecule has 2 aromatic rings. The van der Waals surface area contributed by atoms with E-state index in [1.807, 2.05) is 0 Å². The van der Waals surface area contributed by atoms with Gasteiger partial charge in [0.05, 0.1) is 5.69 Å². The molecule has 0 aliphatic carbocycles. The number of para-hydroxylation sites is 1. The average Bonchev–Trinajstić information content (AvgIpc) is 2.34. The van der Waals surface area contributed by atoms with Crippen molar-refractivity contribution in [2.45, 2.75) is 0 Å². The van der Waals surface area contributed by atoms with Crippen LogP contribution in [0.15, 0.2) is 45.8 Å². The van der Waals surface area contributed by atoms with Gasteiger partial charge >= 0.3 is 0 Å². The lowest BCUT2D eigenvalue weighted by molar-refractivity contribution is 0.102. The van der Waals surface area contributed by atoms with E-state index in [-0.39, 0.29) is 11.3 Å². The minimum atomic E-state index is -0.553. The van der Waals surface area contributed by atoms with Crippen LogP contribution in [0.1, 0.15) is 10.4 Å². The molecule has 0 spiro atoms. The van der Waals surface area contributed by atoms with Crippen molar-refractivity contribution in [1.82, 2.24) is 4.98 Å². The summed E-state index contributed by atoms with van der Waals surface area (Å²) in [5.41, 5.74) is -0.188. The summed E-state index contributed by atoms with van der Waals surface area (Å²) in [7, 11) is 0. The molecule has 0 unspecified atom stereocenters. The zero-order chi connectivity index (χ0) is 13.1. The van der Waals surface area contributed by atoms with Crippen LogP contribution in [0.25, 0.3) is 0 Å². The zero-order valence-corrected chi connectivity index (χ0v) is 10.6. The number of rotatable bonds is 2. The highest BCUT2D eigenvalue weighted by Crippen LogP contribution is 2.25. The molecule has 0 saturated carbocycles. The summed E-state index contributed by atoms with van der Waals surface area (Å²) in [6, 6.07) is 6.94. The number of aromatic nitrogens is 1. The van der Waals surface area contributed by atoms with E-state index in [0.29, 0.717) is 4.47 Å². The molecule has 1 aromatic carbocycles. The van der Waals surface area contributed by atoms with Gasteiger partial charge in [0.1, 0.15) is 5.82 Å². The Balaban J connectivity index is 2.30. The second kappa shape index (κ2) is 5.14. The maximum Gasteiger partial charge on any atom is 0.256 e. The first-order chi connectivity index (χ1) is 8.58. The maximum atomic E-state index is 13.5. The van der Waals surface area contributed by atoms with Crippen molar-refractivity contribution < 1.29 is 9.18 Å². The Bertz CT molecular complexity index is 634. The van der Waals surface area contributed by atoms with Crippen molar-refractivity contribution >= 4 is 27.5 Å². The van der Waals surface area contributed by atoms with Crippen LogP contribution < -0.4 is 10.9 Å². The minimum absolute atomic E-state index is 0.0442. The largest absolute Gasteiger partial charge is 0.329 e. The second-order valence-electron chi connectivity index (χ2n) is 3.49. The molecule has 0 atom stereocenters. The van der Waals surface area contributed by atoms with Gasteiger partial charge in [0.15, 0.2) is 0 Å². The molecule has 0 fully saturated rings. The molecule has 0 saturated heterocycles. The third kappa shape index (κ3) is 2.65. The number of aromatic amines is 1. The lowest BCUT2D eigenvalue weighted by Crippen LogP contribution is -2.16. The Kier molecular flexibility index (Phi) is 3.57. The molecule has 0 aliphatic rings. The Morgan fingerprint density at radius 1 is 1.33 bits per heavy atom. The molecule has 0 aliphatic heterocycles. The topological polar surface area (TPSA) is 62.0 Å². The molecule has 2 rings (SSSR count). The minimum Gasteiger partial charge on any atom is -0.329 e. The van der Waals surface area contributed by atoms with E-state index in [0.717, 1.165) is 6.07 Å². The van der Waals surface area contributed by atoms with Gasteiger partial charge in [-0.2, -0.15) is 0 Å². The highest BCUT2D eigenvalue weighted by molar-refractivity contribution is 9.10. The lowest BCUT2D eigenvalue weighted by Gasteiger charge is -2.08. The Labute approximate surface area is 110 Å². The van der Waals surface area contributed by atoms with Crippen molar-refractivity contribution in [3.63, 3.8) is 0 Å². The van der Waals surface area contributed by atoms with Crippen molar-refractivity contribution in [1.29, 1.82) is 0 Å². The van der Waals surface area contributed by atoms with E-state index in [1.165, 1.54) is 24.4 Å². The summed E-state index contributed by atoms with van der Waals surface area (Å²) in [6.45, 7) is 0. The highest BCUT2D eigenvalue weighted by atomic mass is 79.9. The SMILES string of the molecule is O=C(Nc1c(F)cccc1Br)c1cc[nH]c(=O)c1. The van der Waals surface area contributed by atoms with E-state index in [4.69, 9.17) is 0 Å². The van der Waals surface area contributed by atoms with Crippen molar-refractivity contribution in [3.05, 3.63) is 62.7 Å². The fourth-order valence-electron chi connectivity index (χ4n) is 1.39. The highest BCUT2D eigenvalue weighted by Gasteiger charge is 2.12. The van der Waals surface area contributed by atoms with Crippen LogP contribution in [0.5, 0.6) is 0 Å². The molecule has 6 heteroatoms. The Morgan fingerprint density at radius 2 is 2.11 bits per heavy atom. The number of halogens is 2. The van der Waals surface area contributed by atoms with E-state index < -0.39 is 17.3 Å². The van der Waals surface area contributed by atoms with Crippen LogP contribution in [-0.2, 0) is 0 Å². The lowest BCUT2D eigenvalue weighted by atomic mass is 10.2. The number of benzene rings is 1. The third-order valence-corrected chi connectivity index (χ3v) is 2.90. The number of carbonyl (C=O) groups is 1. The first-order valence-corrected chi connectivity index (χ1v) is 5.81. The number of hydrogen-bond acceptors (Lipinski definition) is 2. The molecule has 2 N–H and O–H groups in total. The van der Waals surface area contributed by atoms with E-state index in [1.54, 1.807) is 6.07 Å². The van der Waals surface area contributed by atoms with E-state index in [9.17, 15) is 14.0 Å². The monoisotopic (exact) mass is 310 g/mol. The van der Waals surface area contributed by atoms with Gasteiger partial charge in [-0.1, -0.05) is 6.07 Å². The number of amides is 1. The summed E-state index contributed by atoms with van der Waals surface area (Å²) < 4.78 is 13.9. The Morgan fingerprint density at radius 3 is 2.78 bits per heavy atom. The molecular weight excluding hydrogens is 303 g/mol. The van der Waals surface area contributed by atoms with Gasteiger partial charge in [0, 0.05) is 22.3 Å². The van der Waals surface area contributed by atoms with Crippen LogP contribution in [-0.4, -0.2) is 10.9 Å². The zero-order valence-electron chi connectivity index (χ0n) is 9.04. The molecule has 1 amide bonds. The summed E-state index contributed by atoms with van der Waals surface area (Å²) in [5.74, 6) is -1.10. The van der Waals surface area contributed by atoms with E-state index in [2.05, 4.69) is 26.2 Å². The van der Waals surface area contributed by atoms with Crippen LogP contribution in [0.2, 0.25) is 0 Å². The second-order valence-corrected chi connectivity index (χ2v) is 4.35. The van der Waals surface area contributed by atoms with E-state index >= 15 is 0 Å². The predicted octanol–water partition coefficient (Wildman–Crippen LogP) is 2.53. The molecule has 18 heavy (non-hydrogen) atoms. The van der Waals surface area contributed by atoms with Gasteiger partial charge in [-0.25, -0.2) is 4.39 Å². The van der Waals surface area contributed by atoms with Gasteiger partial charge in [-0.15, -0.1) is 0 Å². The van der Waals surface area contributed by atoms with Gasteiger partial charge in [0.2, 0.25) is 5.56 Å². The first kappa shape index (κ1) is 12.5. The van der Waals surface area contributed by atoms with Crippen LogP contribution >= 0.6 is 15.9 Å². The summed E-state index contributed by atoms with van der Waals surface area (Å²) >= 11 is 3.14. The van der Waals surface area contributed by atoms with Gasteiger partial charge in [0.25, 0.3) is 5.91 Å². The average molecular weight is 311 g/mol. The standard InChI is InChI=1S/C12H8BrFN2O2/c13-8-2-1-3-9(14)11(8)16-12(18)7-4-5-15-10(17)6-7/h1-6H,(H,15,17)(H,16,18). The molecule has 1 aromatic heterocycles. The fourth-order valence-corrected chi connectivity index (χ4v) is 1.83. The first-order valence-electron chi connectivity index (χ1n) is 5.02. The third-order valence-electron chi connectivity index (χ3n) is 2.24. The fraction of sp³-hybridized carbons (Fsp3) is 0. The van der Waals surface area contributed by atoms with Crippen LogP contribution in [0.3, 0.4) is 0 Å². The number of carbonyl (C=O) groups excluding carboxylic acids is 1. The van der Waals surface area contributed by atoms with Gasteiger partial charge < -0.3 is 10.3 Å². The molecule has 1 heterocycles. The number of nitrogens with one attached hydrogen (secondary N) is 2. The van der Waals surface area contributed by atoms with Crippen molar-refractivity contribution in [2.24, 2.45) is 0 Å². The molecule has 0 bridgehead atoms. The summed E-state index contributed by atoms with van der Waals surface area (Å²) in [5, 5.41) is 2.41. The number of anilines is 1. The molecule has 4 nitrogen and oxygen atoms in total. The normalized spacial score (nSPS) is 10.1. The van der Waals surface area contributed by atoms with Crippen molar-refractivity contribution in [3.8, 4) is 0 Å². The smallest absolute Gasteiger partial charge is 0.256 e. The number of H-pyrrole nitrogens is 1. The molecule has 0 radical (unpaired) electrons. The predicted molar refractivity (Wildman–Crippen MR) is 69.1 cm³/mol. The quantitative estimate of drug-likeness (QED) is 0.895.